The van der Waals surface area contributed by atoms with Crippen molar-refractivity contribution in [2.45, 2.75) is 12.8 Å². The fourth-order valence-electron chi connectivity index (χ4n) is 2.83. The minimum Gasteiger partial charge on any atom is -0.396 e. The van der Waals surface area contributed by atoms with Gasteiger partial charge in [-0.2, -0.15) is 0 Å². The van der Waals surface area contributed by atoms with Crippen molar-refractivity contribution in [3.63, 3.8) is 0 Å². The zero-order valence-electron chi connectivity index (χ0n) is 12.4. The van der Waals surface area contributed by atoms with E-state index in [2.05, 4.69) is 11.4 Å². The van der Waals surface area contributed by atoms with Gasteiger partial charge in [0.25, 0.3) is 0 Å². The Labute approximate surface area is 134 Å². The average Bonchev–Trinajstić information content (AvgIpc) is 3.09. The van der Waals surface area contributed by atoms with Crippen LogP contribution < -0.4 is 5.32 Å². The molecule has 1 fully saturated rings. The first-order valence-electron chi connectivity index (χ1n) is 7.57. The summed E-state index contributed by atoms with van der Waals surface area (Å²) in [5, 5.41) is 14.3. The molecule has 2 N–H and O–H groups in total. The Balaban J connectivity index is 1.74. The van der Waals surface area contributed by atoms with Crippen LogP contribution in [0.5, 0.6) is 0 Å². The van der Waals surface area contributed by atoms with E-state index in [1.807, 2.05) is 35.7 Å². The number of para-hydroxylation sites is 1. The molecule has 0 radical (unpaired) electrons. The Hall–Kier alpha value is -1.85. The molecule has 1 aliphatic rings. The number of nitrogens with one attached hydrogen (secondary N) is 1. The number of anilines is 1. The van der Waals surface area contributed by atoms with Gasteiger partial charge in [0.15, 0.2) is 0 Å². The third-order valence-electron chi connectivity index (χ3n) is 4.02. The highest BCUT2D eigenvalue weighted by atomic mass is 32.1. The summed E-state index contributed by atoms with van der Waals surface area (Å²) in [6, 6.07) is 11.8. The van der Waals surface area contributed by atoms with Gasteiger partial charge >= 0.3 is 6.03 Å². The molecule has 3 rings (SSSR count). The second kappa shape index (κ2) is 6.94. The Morgan fingerprint density at radius 2 is 2.18 bits per heavy atom. The zero-order valence-corrected chi connectivity index (χ0v) is 13.2. The maximum absolute atomic E-state index is 12.5. The molecular formula is C17H20N2O2S. The lowest BCUT2D eigenvalue weighted by atomic mass is 9.99. The first kappa shape index (κ1) is 15.1. The molecule has 0 spiro atoms. The summed E-state index contributed by atoms with van der Waals surface area (Å²) in [6.07, 6.45) is 1.94. The molecular weight excluding hydrogens is 296 g/mol. The molecule has 1 saturated heterocycles. The van der Waals surface area contributed by atoms with Gasteiger partial charge in [0.2, 0.25) is 0 Å². The van der Waals surface area contributed by atoms with Gasteiger partial charge in [-0.3, -0.25) is 0 Å². The Bertz CT molecular complexity index is 627. The molecule has 22 heavy (non-hydrogen) atoms. The third kappa shape index (κ3) is 3.31. The Morgan fingerprint density at radius 3 is 2.95 bits per heavy atom. The first-order chi connectivity index (χ1) is 10.8. The van der Waals surface area contributed by atoms with Gasteiger partial charge in [-0.25, -0.2) is 4.79 Å². The molecule has 0 saturated carbocycles. The van der Waals surface area contributed by atoms with Gasteiger partial charge < -0.3 is 15.3 Å². The molecule has 2 heterocycles. The largest absolute Gasteiger partial charge is 0.396 e. The minimum absolute atomic E-state index is 0.0813. The SMILES string of the molecule is O=C(Nc1ccccc1-c1cccs1)N1CCCC(CO)C1. The van der Waals surface area contributed by atoms with Crippen molar-refractivity contribution in [1.29, 1.82) is 0 Å². The van der Waals surface area contributed by atoms with Crippen LogP contribution in [-0.4, -0.2) is 35.7 Å². The molecule has 0 aliphatic carbocycles. The van der Waals surface area contributed by atoms with Gasteiger partial charge in [-0.1, -0.05) is 24.3 Å². The van der Waals surface area contributed by atoms with Crippen molar-refractivity contribution < 1.29 is 9.90 Å². The zero-order chi connectivity index (χ0) is 15.4. The summed E-state index contributed by atoms with van der Waals surface area (Å²) < 4.78 is 0. The van der Waals surface area contributed by atoms with Crippen LogP contribution in [0.4, 0.5) is 10.5 Å². The highest BCUT2D eigenvalue weighted by Crippen LogP contribution is 2.31. The quantitative estimate of drug-likeness (QED) is 0.908. The summed E-state index contributed by atoms with van der Waals surface area (Å²) in [5.41, 5.74) is 1.88. The van der Waals surface area contributed by atoms with Gasteiger partial charge in [0.1, 0.15) is 0 Å². The molecule has 1 aromatic carbocycles. The van der Waals surface area contributed by atoms with Crippen LogP contribution in [-0.2, 0) is 0 Å². The van der Waals surface area contributed by atoms with E-state index in [1.54, 1.807) is 16.2 Å². The summed E-state index contributed by atoms with van der Waals surface area (Å²) in [6.45, 7) is 1.53. The average molecular weight is 316 g/mol. The van der Waals surface area contributed by atoms with E-state index in [0.717, 1.165) is 35.5 Å². The second-order valence-corrected chi connectivity index (χ2v) is 6.54. The number of aliphatic hydroxyl groups is 1. The summed E-state index contributed by atoms with van der Waals surface area (Å²) >= 11 is 1.66. The summed E-state index contributed by atoms with van der Waals surface area (Å²) in [4.78, 5) is 15.4. The molecule has 116 valence electrons. The fraction of sp³-hybridized carbons (Fsp3) is 0.353. The highest BCUT2D eigenvalue weighted by Gasteiger charge is 2.23. The topological polar surface area (TPSA) is 52.6 Å². The molecule has 1 unspecified atom stereocenters. The van der Waals surface area contributed by atoms with Gasteiger partial charge in [-0.05, 0) is 36.3 Å². The maximum Gasteiger partial charge on any atom is 0.321 e. The van der Waals surface area contributed by atoms with E-state index in [0.29, 0.717) is 6.54 Å². The normalized spacial score (nSPS) is 18.2. The van der Waals surface area contributed by atoms with Crippen LogP contribution in [0.3, 0.4) is 0 Å². The number of carbonyl (C=O) groups excluding carboxylic acids is 1. The van der Waals surface area contributed by atoms with Gasteiger partial charge in [0.05, 0.1) is 5.69 Å². The lowest BCUT2D eigenvalue weighted by molar-refractivity contribution is 0.136. The van der Waals surface area contributed by atoms with Crippen molar-refractivity contribution in [3.8, 4) is 10.4 Å². The van der Waals surface area contributed by atoms with Crippen molar-refractivity contribution in [2.24, 2.45) is 5.92 Å². The Morgan fingerprint density at radius 1 is 1.32 bits per heavy atom. The predicted molar refractivity (Wildman–Crippen MR) is 90.2 cm³/mol. The summed E-state index contributed by atoms with van der Waals surface area (Å²) in [5.74, 6) is 0.201. The molecule has 1 atom stereocenters. The third-order valence-corrected chi connectivity index (χ3v) is 4.92. The number of benzene rings is 1. The van der Waals surface area contributed by atoms with Crippen LogP contribution in [0.1, 0.15) is 12.8 Å². The smallest absolute Gasteiger partial charge is 0.321 e. The van der Waals surface area contributed by atoms with Crippen LogP contribution in [0.2, 0.25) is 0 Å². The number of piperidine rings is 1. The maximum atomic E-state index is 12.5. The number of carbonyl (C=O) groups is 1. The molecule has 5 heteroatoms. The fourth-order valence-corrected chi connectivity index (χ4v) is 3.60. The van der Waals surface area contributed by atoms with E-state index in [9.17, 15) is 9.90 Å². The molecule has 4 nitrogen and oxygen atoms in total. The Kier molecular flexibility index (Phi) is 4.75. The predicted octanol–water partition coefficient (Wildman–Crippen LogP) is 3.65. The van der Waals surface area contributed by atoms with Gasteiger partial charge in [-0.15, -0.1) is 11.3 Å². The number of thiophene rings is 1. The van der Waals surface area contributed by atoms with E-state index >= 15 is 0 Å². The van der Waals surface area contributed by atoms with E-state index in [-0.39, 0.29) is 18.6 Å². The number of hydrogen-bond acceptors (Lipinski definition) is 3. The molecule has 2 aromatic rings. The van der Waals surface area contributed by atoms with E-state index in [4.69, 9.17) is 0 Å². The standard InChI is InChI=1S/C17H20N2O2S/c20-12-13-5-3-9-19(11-13)17(21)18-15-7-2-1-6-14(15)16-8-4-10-22-16/h1-2,4,6-8,10,13,20H,3,5,9,11-12H2,(H,18,21). The number of hydrogen-bond donors (Lipinski definition) is 2. The number of likely N-dealkylation sites (tertiary alicyclic amines) is 1. The second-order valence-electron chi connectivity index (χ2n) is 5.59. The minimum atomic E-state index is -0.0813. The van der Waals surface area contributed by atoms with Crippen molar-refractivity contribution >= 4 is 23.1 Å². The number of aliphatic hydroxyl groups excluding tert-OH is 1. The molecule has 1 aliphatic heterocycles. The van der Waals surface area contributed by atoms with Gasteiger partial charge in [0, 0.05) is 30.1 Å². The van der Waals surface area contributed by atoms with E-state index < -0.39 is 0 Å². The van der Waals surface area contributed by atoms with Crippen molar-refractivity contribution in [3.05, 3.63) is 41.8 Å². The van der Waals surface area contributed by atoms with Crippen molar-refractivity contribution in [1.82, 2.24) is 4.90 Å². The van der Waals surface area contributed by atoms with Crippen LogP contribution >= 0.6 is 11.3 Å². The lowest BCUT2D eigenvalue weighted by Crippen LogP contribution is -2.43. The number of amides is 2. The number of nitrogens with zero attached hydrogens (tertiary/aromatic N) is 1. The molecule has 2 amide bonds. The first-order valence-corrected chi connectivity index (χ1v) is 8.45. The summed E-state index contributed by atoms with van der Waals surface area (Å²) in [7, 11) is 0. The van der Waals surface area contributed by atoms with Crippen molar-refractivity contribution in [2.75, 3.05) is 25.0 Å². The van der Waals surface area contributed by atoms with Crippen LogP contribution in [0, 0.1) is 5.92 Å². The molecule has 1 aromatic heterocycles. The van der Waals surface area contributed by atoms with Crippen LogP contribution in [0.25, 0.3) is 10.4 Å². The lowest BCUT2D eigenvalue weighted by Gasteiger charge is -2.32. The van der Waals surface area contributed by atoms with E-state index in [1.165, 1.54) is 0 Å². The van der Waals surface area contributed by atoms with Crippen LogP contribution in [0.15, 0.2) is 41.8 Å². The number of urea groups is 1. The number of rotatable bonds is 3. The molecule has 0 bridgehead atoms. The monoisotopic (exact) mass is 316 g/mol. The highest BCUT2D eigenvalue weighted by molar-refractivity contribution is 7.13.